The Bertz CT molecular complexity index is 682. The number of phenolic OH excluding ortho intramolecular Hbond substituents is 1. The summed E-state index contributed by atoms with van der Waals surface area (Å²) in [7, 11) is 0. The zero-order valence-electron chi connectivity index (χ0n) is 11.3. The molecule has 1 aliphatic rings. The Morgan fingerprint density at radius 3 is 2.76 bits per heavy atom. The van der Waals surface area contributed by atoms with E-state index in [1.807, 2.05) is 12.1 Å². The molecule has 108 valence electrons. The van der Waals surface area contributed by atoms with Crippen molar-refractivity contribution < 1.29 is 14.3 Å². The lowest BCUT2D eigenvalue weighted by Gasteiger charge is -2.33. The predicted octanol–water partition coefficient (Wildman–Crippen LogP) is 2.58. The number of halogens is 1. The quantitative estimate of drug-likeness (QED) is 0.846. The minimum Gasteiger partial charge on any atom is -0.507 e. The van der Waals surface area contributed by atoms with E-state index in [9.17, 15) is 14.3 Å². The molecular formula is C16H15FN2O2. The third-order valence-electron chi connectivity index (χ3n) is 3.74. The number of nitrogens with two attached hydrogens (primary N) is 1. The Morgan fingerprint density at radius 2 is 2.00 bits per heavy atom. The van der Waals surface area contributed by atoms with Crippen molar-refractivity contribution in [3.63, 3.8) is 0 Å². The molecule has 0 fully saturated rings. The van der Waals surface area contributed by atoms with Crippen LogP contribution in [0.25, 0.3) is 0 Å². The van der Waals surface area contributed by atoms with E-state index < -0.39 is 11.7 Å². The third kappa shape index (κ3) is 2.25. The molecular weight excluding hydrogens is 271 g/mol. The summed E-state index contributed by atoms with van der Waals surface area (Å²) in [5.41, 5.74) is 7.27. The molecule has 1 atom stereocenters. The molecule has 5 heteroatoms. The minimum atomic E-state index is -0.729. The van der Waals surface area contributed by atoms with Crippen LogP contribution in [0.3, 0.4) is 0 Å². The summed E-state index contributed by atoms with van der Waals surface area (Å²) in [6.07, 6.45) is 0.595. The molecule has 0 aliphatic carbocycles. The Labute approximate surface area is 121 Å². The van der Waals surface area contributed by atoms with Crippen molar-refractivity contribution in [3.8, 4) is 5.75 Å². The number of carbonyl (C=O) groups is 1. The van der Waals surface area contributed by atoms with Crippen molar-refractivity contribution in [3.05, 3.63) is 59.4 Å². The summed E-state index contributed by atoms with van der Waals surface area (Å²) in [6, 6.07) is 11.0. The lowest BCUT2D eigenvalue weighted by Crippen LogP contribution is -2.38. The molecule has 1 heterocycles. The van der Waals surface area contributed by atoms with E-state index in [0.717, 1.165) is 11.6 Å². The molecule has 1 unspecified atom stereocenters. The Balaban J connectivity index is 2.06. The molecule has 0 aromatic heterocycles. The highest BCUT2D eigenvalue weighted by atomic mass is 19.1. The van der Waals surface area contributed by atoms with Crippen LogP contribution in [0.2, 0.25) is 0 Å². The molecule has 2 aromatic carbocycles. The molecule has 2 aromatic rings. The Kier molecular flexibility index (Phi) is 3.35. The van der Waals surface area contributed by atoms with Gasteiger partial charge in [-0.3, -0.25) is 4.79 Å². The van der Waals surface area contributed by atoms with Gasteiger partial charge in [-0.15, -0.1) is 0 Å². The van der Waals surface area contributed by atoms with E-state index in [0.29, 0.717) is 18.7 Å². The van der Waals surface area contributed by atoms with Gasteiger partial charge in [0.25, 0.3) is 5.91 Å². The van der Waals surface area contributed by atoms with E-state index in [1.165, 1.54) is 17.0 Å². The highest BCUT2D eigenvalue weighted by molar-refractivity contribution is 6.08. The SMILES string of the molecule is NC1CCN(C(=O)c2c(O)cccc2F)c2ccccc21. The monoisotopic (exact) mass is 286 g/mol. The second-order valence-electron chi connectivity index (χ2n) is 5.04. The van der Waals surface area contributed by atoms with Gasteiger partial charge >= 0.3 is 0 Å². The minimum absolute atomic E-state index is 0.139. The van der Waals surface area contributed by atoms with Crippen LogP contribution in [0, 0.1) is 5.82 Å². The maximum absolute atomic E-state index is 13.9. The number of carbonyl (C=O) groups excluding carboxylic acids is 1. The van der Waals surface area contributed by atoms with Crippen LogP contribution in [-0.2, 0) is 0 Å². The van der Waals surface area contributed by atoms with Gasteiger partial charge in [-0.25, -0.2) is 4.39 Å². The van der Waals surface area contributed by atoms with Crippen LogP contribution in [0.15, 0.2) is 42.5 Å². The number of amides is 1. The maximum Gasteiger partial charge on any atom is 0.265 e. The summed E-state index contributed by atoms with van der Waals surface area (Å²) < 4.78 is 13.9. The number of hydrogen-bond acceptors (Lipinski definition) is 3. The van der Waals surface area contributed by atoms with Crippen LogP contribution in [-0.4, -0.2) is 17.6 Å². The standard InChI is InChI=1S/C16H15FN2O2/c17-11-5-3-7-14(20)15(11)16(21)19-9-8-12(18)10-4-1-2-6-13(10)19/h1-7,12,20H,8-9,18H2. The molecule has 0 bridgehead atoms. The van der Waals surface area contributed by atoms with Crippen LogP contribution < -0.4 is 10.6 Å². The molecule has 0 saturated heterocycles. The fourth-order valence-corrected chi connectivity index (χ4v) is 2.66. The normalized spacial score (nSPS) is 17.4. The molecule has 4 nitrogen and oxygen atoms in total. The van der Waals surface area contributed by atoms with Crippen LogP contribution in [0.1, 0.15) is 28.4 Å². The zero-order valence-corrected chi connectivity index (χ0v) is 11.3. The summed E-state index contributed by atoms with van der Waals surface area (Å²) >= 11 is 0. The number of benzene rings is 2. The van der Waals surface area contributed by atoms with Gasteiger partial charge in [0.2, 0.25) is 0 Å². The number of para-hydroxylation sites is 1. The van der Waals surface area contributed by atoms with Crippen LogP contribution >= 0.6 is 0 Å². The summed E-state index contributed by atoms with van der Waals surface area (Å²) in [5.74, 6) is -1.63. The first kappa shape index (κ1) is 13.6. The van der Waals surface area contributed by atoms with E-state index in [-0.39, 0.29) is 17.4 Å². The van der Waals surface area contributed by atoms with Gasteiger partial charge < -0.3 is 15.7 Å². The topological polar surface area (TPSA) is 66.6 Å². The largest absolute Gasteiger partial charge is 0.507 e. The molecule has 1 aliphatic heterocycles. The molecule has 0 spiro atoms. The number of fused-ring (bicyclic) bond motifs is 1. The number of anilines is 1. The smallest absolute Gasteiger partial charge is 0.265 e. The maximum atomic E-state index is 13.9. The van der Waals surface area contributed by atoms with Gasteiger partial charge in [-0.2, -0.15) is 0 Å². The van der Waals surface area contributed by atoms with E-state index >= 15 is 0 Å². The van der Waals surface area contributed by atoms with E-state index in [1.54, 1.807) is 12.1 Å². The van der Waals surface area contributed by atoms with Crippen molar-refractivity contribution in [2.75, 3.05) is 11.4 Å². The summed E-state index contributed by atoms with van der Waals surface area (Å²) in [4.78, 5) is 14.1. The van der Waals surface area contributed by atoms with E-state index in [2.05, 4.69) is 0 Å². The number of rotatable bonds is 1. The lowest BCUT2D eigenvalue weighted by molar-refractivity contribution is 0.0977. The molecule has 1 amide bonds. The van der Waals surface area contributed by atoms with Crippen molar-refractivity contribution in [2.24, 2.45) is 5.73 Å². The molecule has 0 saturated carbocycles. The van der Waals surface area contributed by atoms with Crippen molar-refractivity contribution in [1.82, 2.24) is 0 Å². The van der Waals surface area contributed by atoms with Crippen molar-refractivity contribution in [1.29, 1.82) is 0 Å². The van der Waals surface area contributed by atoms with Gasteiger partial charge in [0.15, 0.2) is 0 Å². The first-order valence-corrected chi connectivity index (χ1v) is 6.73. The second-order valence-corrected chi connectivity index (χ2v) is 5.04. The molecule has 3 N–H and O–H groups in total. The second kappa shape index (κ2) is 5.18. The van der Waals surface area contributed by atoms with Crippen LogP contribution in [0.5, 0.6) is 5.75 Å². The fraction of sp³-hybridized carbons (Fsp3) is 0.188. The highest BCUT2D eigenvalue weighted by Crippen LogP contribution is 2.34. The fourth-order valence-electron chi connectivity index (χ4n) is 2.66. The van der Waals surface area contributed by atoms with Gasteiger partial charge in [0, 0.05) is 18.3 Å². The van der Waals surface area contributed by atoms with Gasteiger partial charge in [0.05, 0.1) is 0 Å². The van der Waals surface area contributed by atoms with Gasteiger partial charge in [-0.1, -0.05) is 24.3 Å². The summed E-state index contributed by atoms with van der Waals surface area (Å²) in [6.45, 7) is 0.394. The predicted molar refractivity (Wildman–Crippen MR) is 77.7 cm³/mol. The first-order valence-electron chi connectivity index (χ1n) is 6.73. The number of hydrogen-bond donors (Lipinski definition) is 2. The lowest BCUT2D eigenvalue weighted by atomic mass is 9.96. The number of phenols is 1. The highest BCUT2D eigenvalue weighted by Gasteiger charge is 2.29. The average Bonchev–Trinajstić information content (AvgIpc) is 2.47. The zero-order chi connectivity index (χ0) is 15.0. The first-order chi connectivity index (χ1) is 10.1. The number of aromatic hydroxyl groups is 1. The Morgan fingerprint density at radius 1 is 1.24 bits per heavy atom. The molecule has 3 rings (SSSR count). The van der Waals surface area contributed by atoms with E-state index in [4.69, 9.17) is 5.73 Å². The van der Waals surface area contributed by atoms with Crippen LogP contribution in [0.4, 0.5) is 10.1 Å². The van der Waals surface area contributed by atoms with Gasteiger partial charge in [-0.05, 0) is 30.2 Å². The molecule has 0 radical (unpaired) electrons. The molecule has 21 heavy (non-hydrogen) atoms. The average molecular weight is 286 g/mol. The Hall–Kier alpha value is -2.40. The van der Waals surface area contributed by atoms with Crippen molar-refractivity contribution in [2.45, 2.75) is 12.5 Å². The summed E-state index contributed by atoms with van der Waals surface area (Å²) in [5, 5.41) is 9.78. The van der Waals surface area contributed by atoms with Crippen molar-refractivity contribution >= 4 is 11.6 Å². The third-order valence-corrected chi connectivity index (χ3v) is 3.74. The van der Waals surface area contributed by atoms with Gasteiger partial charge in [0.1, 0.15) is 17.1 Å². The number of nitrogens with zero attached hydrogens (tertiary/aromatic N) is 1.